The lowest BCUT2D eigenvalue weighted by molar-refractivity contribution is -0.137. The molecule has 2 amide bonds. The fourth-order valence-electron chi connectivity index (χ4n) is 3.21. The molecule has 1 atom stereocenters. The molecule has 1 unspecified atom stereocenters. The standard InChI is InChI=1S/C19H18N4O4S/c24-16(12-23-19(26)27-18(21-23)15-9-5-11-28-15)22-10-4-8-14(22)17(25)20-13-6-2-1-3-7-13/h1-3,5-7,9,11,14H,4,8,10,12H2,(H,20,25). The molecule has 3 aromatic rings. The smallest absolute Gasteiger partial charge is 0.387 e. The van der Waals surface area contributed by atoms with E-state index in [0.29, 0.717) is 23.5 Å². The number of likely N-dealkylation sites (tertiary alicyclic amines) is 1. The number of carbonyl (C=O) groups excluding carboxylic acids is 2. The van der Waals surface area contributed by atoms with Crippen molar-refractivity contribution in [3.8, 4) is 10.8 Å². The van der Waals surface area contributed by atoms with E-state index in [1.165, 1.54) is 16.2 Å². The Labute approximate surface area is 164 Å². The van der Waals surface area contributed by atoms with Crippen LogP contribution < -0.4 is 11.1 Å². The number of nitrogens with one attached hydrogen (secondary N) is 1. The average Bonchev–Trinajstić information content (AvgIpc) is 3.44. The number of hydrogen-bond acceptors (Lipinski definition) is 6. The molecule has 9 heteroatoms. The van der Waals surface area contributed by atoms with Gasteiger partial charge in [-0.05, 0) is 36.4 Å². The maximum atomic E-state index is 12.7. The number of nitrogens with zero attached hydrogens (tertiary/aromatic N) is 3. The van der Waals surface area contributed by atoms with Crippen molar-refractivity contribution in [3.63, 3.8) is 0 Å². The Morgan fingerprint density at radius 3 is 2.79 bits per heavy atom. The summed E-state index contributed by atoms with van der Waals surface area (Å²) >= 11 is 1.39. The summed E-state index contributed by atoms with van der Waals surface area (Å²) in [6.45, 7) is 0.207. The Balaban J connectivity index is 1.45. The average molecular weight is 398 g/mol. The molecule has 4 rings (SSSR count). The Kier molecular flexibility index (Phi) is 5.07. The molecule has 0 bridgehead atoms. The van der Waals surface area contributed by atoms with Gasteiger partial charge in [-0.1, -0.05) is 24.3 Å². The van der Waals surface area contributed by atoms with Gasteiger partial charge in [0.05, 0.1) is 4.88 Å². The lowest BCUT2D eigenvalue weighted by Gasteiger charge is -2.23. The van der Waals surface area contributed by atoms with Gasteiger partial charge in [0, 0.05) is 12.2 Å². The Bertz CT molecular complexity index is 1030. The molecule has 28 heavy (non-hydrogen) atoms. The van der Waals surface area contributed by atoms with Gasteiger partial charge >= 0.3 is 5.76 Å². The molecule has 8 nitrogen and oxygen atoms in total. The number of carbonyl (C=O) groups is 2. The van der Waals surface area contributed by atoms with Crippen LogP contribution >= 0.6 is 11.3 Å². The second-order valence-electron chi connectivity index (χ2n) is 6.41. The first-order valence-corrected chi connectivity index (χ1v) is 9.77. The predicted octanol–water partition coefficient (Wildman–Crippen LogP) is 2.19. The van der Waals surface area contributed by atoms with E-state index in [0.717, 1.165) is 11.1 Å². The van der Waals surface area contributed by atoms with Gasteiger partial charge in [0.15, 0.2) is 0 Å². The molecule has 144 valence electrons. The number of thiophene rings is 1. The molecular weight excluding hydrogens is 380 g/mol. The fourth-order valence-corrected chi connectivity index (χ4v) is 3.85. The van der Waals surface area contributed by atoms with E-state index in [1.54, 1.807) is 18.2 Å². The van der Waals surface area contributed by atoms with Crippen molar-refractivity contribution < 1.29 is 14.0 Å². The van der Waals surface area contributed by atoms with Gasteiger partial charge in [-0.2, -0.15) is 4.68 Å². The molecule has 3 heterocycles. The molecule has 1 aliphatic heterocycles. The van der Waals surface area contributed by atoms with Crippen molar-refractivity contribution >= 4 is 28.8 Å². The van der Waals surface area contributed by atoms with Crippen LogP contribution in [0.1, 0.15) is 12.8 Å². The molecule has 0 saturated carbocycles. The summed E-state index contributed by atoms with van der Waals surface area (Å²) < 4.78 is 6.13. The Morgan fingerprint density at radius 1 is 1.21 bits per heavy atom. The molecule has 1 aliphatic rings. The van der Waals surface area contributed by atoms with Crippen LogP contribution in [0.5, 0.6) is 0 Å². The molecule has 0 radical (unpaired) electrons. The second kappa shape index (κ2) is 7.81. The molecule has 1 saturated heterocycles. The van der Waals surface area contributed by atoms with Crippen molar-refractivity contribution in [3.05, 3.63) is 58.4 Å². The molecule has 2 aromatic heterocycles. The third-order valence-corrected chi connectivity index (χ3v) is 5.40. The molecule has 1 N–H and O–H groups in total. The predicted molar refractivity (Wildman–Crippen MR) is 104 cm³/mol. The highest BCUT2D eigenvalue weighted by atomic mass is 32.1. The first-order chi connectivity index (χ1) is 13.6. The highest BCUT2D eigenvalue weighted by Crippen LogP contribution is 2.22. The number of aromatic nitrogens is 2. The minimum absolute atomic E-state index is 0.188. The molecule has 0 spiro atoms. The number of para-hydroxylation sites is 1. The maximum Gasteiger partial charge on any atom is 0.437 e. The van der Waals surface area contributed by atoms with E-state index < -0.39 is 11.8 Å². The highest BCUT2D eigenvalue weighted by Gasteiger charge is 2.34. The zero-order valence-electron chi connectivity index (χ0n) is 14.9. The van der Waals surface area contributed by atoms with Crippen molar-refractivity contribution in [1.29, 1.82) is 0 Å². The maximum absolute atomic E-state index is 12.7. The van der Waals surface area contributed by atoms with Crippen LogP contribution in [-0.4, -0.2) is 39.1 Å². The van der Waals surface area contributed by atoms with Crippen LogP contribution in [0.4, 0.5) is 5.69 Å². The van der Waals surface area contributed by atoms with Crippen LogP contribution in [0.3, 0.4) is 0 Å². The van der Waals surface area contributed by atoms with Gasteiger partial charge in [0.2, 0.25) is 11.8 Å². The second-order valence-corrected chi connectivity index (χ2v) is 7.36. The zero-order valence-corrected chi connectivity index (χ0v) is 15.7. The lowest BCUT2D eigenvalue weighted by atomic mass is 10.2. The van der Waals surface area contributed by atoms with Gasteiger partial charge in [-0.15, -0.1) is 16.4 Å². The minimum atomic E-state index is -0.693. The van der Waals surface area contributed by atoms with Crippen LogP contribution in [0, 0.1) is 0 Å². The summed E-state index contributed by atoms with van der Waals surface area (Å²) in [6, 6.07) is 12.1. The van der Waals surface area contributed by atoms with E-state index in [-0.39, 0.29) is 24.2 Å². The summed E-state index contributed by atoms with van der Waals surface area (Å²) in [5.74, 6) is -1.07. The topological polar surface area (TPSA) is 97.4 Å². The van der Waals surface area contributed by atoms with E-state index in [2.05, 4.69) is 10.4 Å². The van der Waals surface area contributed by atoms with E-state index in [1.807, 2.05) is 29.6 Å². The number of benzene rings is 1. The monoisotopic (exact) mass is 398 g/mol. The minimum Gasteiger partial charge on any atom is -0.387 e. The third-order valence-electron chi connectivity index (χ3n) is 4.54. The van der Waals surface area contributed by atoms with Crippen molar-refractivity contribution in [2.45, 2.75) is 25.4 Å². The van der Waals surface area contributed by atoms with Gasteiger partial charge < -0.3 is 14.6 Å². The largest absolute Gasteiger partial charge is 0.437 e. The van der Waals surface area contributed by atoms with E-state index in [9.17, 15) is 14.4 Å². The Hall–Kier alpha value is -3.20. The summed E-state index contributed by atoms with van der Waals surface area (Å²) in [6.07, 6.45) is 1.31. The Morgan fingerprint density at radius 2 is 2.04 bits per heavy atom. The summed E-state index contributed by atoms with van der Waals surface area (Å²) in [7, 11) is 0. The van der Waals surface area contributed by atoms with Crippen molar-refractivity contribution in [2.75, 3.05) is 11.9 Å². The van der Waals surface area contributed by atoms with E-state index in [4.69, 9.17) is 4.42 Å². The third kappa shape index (κ3) is 3.74. The SMILES string of the molecule is O=C(Nc1ccccc1)C1CCCN1C(=O)Cn1nc(-c2cccs2)oc1=O. The van der Waals surface area contributed by atoms with Crippen molar-refractivity contribution in [2.24, 2.45) is 0 Å². The number of anilines is 1. The first-order valence-electron chi connectivity index (χ1n) is 8.89. The molecular formula is C19H18N4O4S. The quantitative estimate of drug-likeness (QED) is 0.711. The van der Waals surface area contributed by atoms with Crippen molar-refractivity contribution in [1.82, 2.24) is 14.7 Å². The van der Waals surface area contributed by atoms with Crippen LogP contribution in [0.2, 0.25) is 0 Å². The lowest BCUT2D eigenvalue weighted by Crippen LogP contribution is -2.45. The van der Waals surface area contributed by atoms with Crippen LogP contribution in [0.25, 0.3) is 10.8 Å². The number of amides is 2. The number of rotatable bonds is 5. The highest BCUT2D eigenvalue weighted by molar-refractivity contribution is 7.13. The first kappa shape index (κ1) is 18.2. The van der Waals surface area contributed by atoms with Crippen LogP contribution in [0.15, 0.2) is 57.1 Å². The normalized spacial score (nSPS) is 16.3. The van der Waals surface area contributed by atoms with Gasteiger partial charge in [0.1, 0.15) is 12.6 Å². The van der Waals surface area contributed by atoms with Crippen LogP contribution in [-0.2, 0) is 16.1 Å². The van der Waals surface area contributed by atoms with E-state index >= 15 is 0 Å². The van der Waals surface area contributed by atoms with Gasteiger partial charge in [-0.25, -0.2) is 4.79 Å². The van der Waals surface area contributed by atoms with Gasteiger partial charge in [-0.3, -0.25) is 9.59 Å². The number of hydrogen-bond donors (Lipinski definition) is 1. The van der Waals surface area contributed by atoms with Gasteiger partial charge in [0.25, 0.3) is 5.89 Å². The summed E-state index contributed by atoms with van der Waals surface area (Å²) in [4.78, 5) is 39.6. The molecule has 1 aromatic carbocycles. The molecule has 0 aliphatic carbocycles. The molecule has 1 fully saturated rings. The zero-order chi connectivity index (χ0) is 19.5. The summed E-state index contributed by atoms with van der Waals surface area (Å²) in [5.41, 5.74) is 0.681. The fraction of sp³-hybridized carbons (Fsp3) is 0.263. The summed E-state index contributed by atoms with van der Waals surface area (Å²) in [5, 5.41) is 8.78.